The largest absolute Gasteiger partial charge is 0.454 e. The van der Waals surface area contributed by atoms with Crippen molar-refractivity contribution in [1.29, 1.82) is 0 Å². The first-order chi connectivity index (χ1) is 17.1. The second-order valence-corrected chi connectivity index (χ2v) is 9.06. The van der Waals surface area contributed by atoms with E-state index < -0.39 is 0 Å². The summed E-state index contributed by atoms with van der Waals surface area (Å²) in [6, 6.07) is 10.8. The average molecular weight is 477 g/mol. The molecule has 0 unspecified atom stereocenters. The average Bonchev–Trinajstić information content (AvgIpc) is 3.56. The molecule has 1 aliphatic rings. The van der Waals surface area contributed by atoms with Crippen molar-refractivity contribution in [2.75, 3.05) is 45.8 Å². The molecule has 1 fully saturated rings. The molecule has 5 heterocycles. The summed E-state index contributed by atoms with van der Waals surface area (Å²) in [7, 11) is 0. The highest BCUT2D eigenvalue weighted by Crippen LogP contribution is 2.16. The van der Waals surface area contributed by atoms with Crippen LogP contribution in [0.4, 0.5) is 0 Å². The van der Waals surface area contributed by atoms with Gasteiger partial charge in [-0.1, -0.05) is 6.92 Å². The highest BCUT2D eigenvalue weighted by atomic mass is 16.4. The van der Waals surface area contributed by atoms with Crippen LogP contribution in [0.2, 0.25) is 0 Å². The fourth-order valence-corrected chi connectivity index (χ4v) is 4.82. The fourth-order valence-electron chi connectivity index (χ4n) is 4.82. The number of furan rings is 1. The van der Waals surface area contributed by atoms with E-state index in [-0.39, 0.29) is 23.8 Å². The molecule has 1 saturated heterocycles. The van der Waals surface area contributed by atoms with Crippen molar-refractivity contribution in [3.8, 4) is 0 Å². The van der Waals surface area contributed by atoms with E-state index in [4.69, 9.17) is 4.42 Å². The molecule has 0 aliphatic carbocycles. The standard InChI is InChI=1S/C26H32N6O3/c1-2-12-29-15-17-30(18-16-29)13-5-11-28-25(33)23-9-8-20(35-23)19-32-24-21(6-3-10-27-24)31-14-4-7-22(31)26(32)34/h3-4,6-10,14H,2,5,11-13,15-19H2,1H3,(H,28,33). The fraction of sp³-hybridized carbons (Fsp3) is 0.423. The Hall–Kier alpha value is -3.43. The molecule has 1 N–H and O–H groups in total. The van der Waals surface area contributed by atoms with Crippen LogP contribution < -0.4 is 10.9 Å². The van der Waals surface area contributed by atoms with Gasteiger partial charge in [0.2, 0.25) is 0 Å². The topological polar surface area (TPSA) is 88.0 Å². The van der Waals surface area contributed by atoms with Gasteiger partial charge >= 0.3 is 0 Å². The predicted octanol–water partition coefficient (Wildman–Crippen LogP) is 2.44. The van der Waals surface area contributed by atoms with Crippen LogP contribution in [0.25, 0.3) is 16.7 Å². The van der Waals surface area contributed by atoms with Crippen molar-refractivity contribution in [3.05, 3.63) is 70.7 Å². The summed E-state index contributed by atoms with van der Waals surface area (Å²) in [5.74, 6) is 0.550. The Kier molecular flexibility index (Phi) is 6.96. The number of pyridine rings is 1. The number of hydrogen-bond donors (Lipinski definition) is 1. The molecule has 0 spiro atoms. The number of rotatable bonds is 9. The molecule has 4 aromatic heterocycles. The molecule has 1 amide bonds. The first-order valence-corrected chi connectivity index (χ1v) is 12.4. The molecule has 4 aromatic rings. The van der Waals surface area contributed by atoms with E-state index in [9.17, 15) is 9.59 Å². The van der Waals surface area contributed by atoms with Crippen molar-refractivity contribution < 1.29 is 9.21 Å². The van der Waals surface area contributed by atoms with Gasteiger partial charge in [0.15, 0.2) is 11.4 Å². The molecule has 9 nitrogen and oxygen atoms in total. The highest BCUT2D eigenvalue weighted by molar-refractivity contribution is 5.91. The van der Waals surface area contributed by atoms with Crippen LogP contribution >= 0.6 is 0 Å². The van der Waals surface area contributed by atoms with E-state index in [2.05, 4.69) is 27.0 Å². The summed E-state index contributed by atoms with van der Waals surface area (Å²) in [5, 5.41) is 2.95. The molecule has 9 heteroatoms. The lowest BCUT2D eigenvalue weighted by atomic mass is 10.2. The van der Waals surface area contributed by atoms with Crippen LogP contribution in [0.3, 0.4) is 0 Å². The molecule has 5 rings (SSSR count). The van der Waals surface area contributed by atoms with Gasteiger partial charge in [-0.15, -0.1) is 0 Å². The Morgan fingerprint density at radius 1 is 1.03 bits per heavy atom. The lowest BCUT2D eigenvalue weighted by Crippen LogP contribution is -2.47. The Morgan fingerprint density at radius 2 is 1.80 bits per heavy atom. The Bertz CT molecular complexity index is 1360. The SMILES string of the molecule is CCCN1CCN(CCCNC(=O)c2ccc(Cn3c(=O)c4cccn4c4cccnc43)o2)CC1. The van der Waals surface area contributed by atoms with E-state index in [1.165, 1.54) is 13.0 Å². The van der Waals surface area contributed by atoms with Gasteiger partial charge in [-0.25, -0.2) is 4.98 Å². The van der Waals surface area contributed by atoms with Gasteiger partial charge in [0.05, 0.1) is 12.1 Å². The van der Waals surface area contributed by atoms with Gasteiger partial charge in [-0.2, -0.15) is 0 Å². The zero-order chi connectivity index (χ0) is 24.2. The molecule has 0 saturated carbocycles. The smallest absolute Gasteiger partial charge is 0.286 e. The number of nitrogens with one attached hydrogen (secondary N) is 1. The zero-order valence-electron chi connectivity index (χ0n) is 20.2. The summed E-state index contributed by atoms with van der Waals surface area (Å²) >= 11 is 0. The Labute approximate surface area is 203 Å². The van der Waals surface area contributed by atoms with Crippen LogP contribution in [-0.4, -0.2) is 75.5 Å². The normalized spacial score (nSPS) is 15.2. The minimum absolute atomic E-state index is 0.154. The first kappa shape index (κ1) is 23.3. The number of hydrogen-bond acceptors (Lipinski definition) is 6. The minimum Gasteiger partial charge on any atom is -0.454 e. The number of nitrogens with zero attached hydrogens (tertiary/aromatic N) is 5. The number of carbonyl (C=O) groups is 1. The molecule has 1 aliphatic heterocycles. The van der Waals surface area contributed by atoms with Gasteiger partial charge in [0.1, 0.15) is 11.3 Å². The van der Waals surface area contributed by atoms with Crippen LogP contribution in [0.1, 0.15) is 36.1 Å². The maximum atomic E-state index is 13.1. The second-order valence-electron chi connectivity index (χ2n) is 9.06. The lowest BCUT2D eigenvalue weighted by molar-refractivity contribution is 0.0918. The molecule has 184 valence electrons. The van der Waals surface area contributed by atoms with Crippen molar-refractivity contribution in [1.82, 2.24) is 29.1 Å². The molecular formula is C26H32N6O3. The summed E-state index contributed by atoms with van der Waals surface area (Å²) in [6.45, 7) is 9.61. The number of fused-ring (bicyclic) bond motifs is 3. The van der Waals surface area contributed by atoms with Crippen LogP contribution in [0, 0.1) is 0 Å². The highest BCUT2D eigenvalue weighted by Gasteiger charge is 2.17. The number of amides is 1. The number of aromatic nitrogens is 3. The van der Waals surface area contributed by atoms with Crippen LogP contribution in [0.5, 0.6) is 0 Å². The van der Waals surface area contributed by atoms with E-state index in [1.807, 2.05) is 28.8 Å². The molecule has 0 radical (unpaired) electrons. The molecular weight excluding hydrogens is 444 g/mol. The maximum Gasteiger partial charge on any atom is 0.286 e. The zero-order valence-corrected chi connectivity index (χ0v) is 20.2. The molecule has 0 bridgehead atoms. The Balaban J connectivity index is 1.18. The van der Waals surface area contributed by atoms with Gasteiger partial charge in [-0.3, -0.25) is 14.2 Å². The van der Waals surface area contributed by atoms with Gasteiger partial charge in [0.25, 0.3) is 11.5 Å². The van der Waals surface area contributed by atoms with Crippen molar-refractivity contribution >= 4 is 22.6 Å². The summed E-state index contributed by atoms with van der Waals surface area (Å²) < 4.78 is 9.24. The van der Waals surface area contributed by atoms with Crippen molar-refractivity contribution in [3.63, 3.8) is 0 Å². The molecule has 35 heavy (non-hydrogen) atoms. The first-order valence-electron chi connectivity index (χ1n) is 12.4. The van der Waals surface area contributed by atoms with E-state index in [0.29, 0.717) is 23.5 Å². The lowest BCUT2D eigenvalue weighted by Gasteiger charge is -2.34. The summed E-state index contributed by atoms with van der Waals surface area (Å²) in [4.78, 5) is 35.1. The monoisotopic (exact) mass is 476 g/mol. The third kappa shape index (κ3) is 5.01. The third-order valence-corrected chi connectivity index (χ3v) is 6.64. The van der Waals surface area contributed by atoms with Gasteiger partial charge in [0, 0.05) is 45.1 Å². The predicted molar refractivity (Wildman–Crippen MR) is 135 cm³/mol. The third-order valence-electron chi connectivity index (χ3n) is 6.64. The van der Waals surface area contributed by atoms with E-state index in [1.54, 1.807) is 29.0 Å². The van der Waals surface area contributed by atoms with Gasteiger partial charge < -0.3 is 23.9 Å². The van der Waals surface area contributed by atoms with Gasteiger partial charge in [-0.05, 0) is 62.3 Å². The van der Waals surface area contributed by atoms with Crippen molar-refractivity contribution in [2.24, 2.45) is 0 Å². The molecule has 0 atom stereocenters. The quantitative estimate of drug-likeness (QED) is 0.374. The summed E-state index contributed by atoms with van der Waals surface area (Å²) in [6.07, 6.45) is 5.62. The van der Waals surface area contributed by atoms with Crippen molar-refractivity contribution in [2.45, 2.75) is 26.3 Å². The van der Waals surface area contributed by atoms with E-state index >= 15 is 0 Å². The number of carbonyl (C=O) groups excluding carboxylic acids is 1. The molecule has 0 aromatic carbocycles. The minimum atomic E-state index is -0.235. The summed E-state index contributed by atoms with van der Waals surface area (Å²) in [5.41, 5.74) is 1.82. The second kappa shape index (κ2) is 10.5. The maximum absolute atomic E-state index is 13.1. The Morgan fingerprint density at radius 3 is 2.60 bits per heavy atom. The van der Waals surface area contributed by atoms with Crippen LogP contribution in [0.15, 0.2) is 58.0 Å². The van der Waals surface area contributed by atoms with E-state index in [0.717, 1.165) is 44.7 Å². The number of piperazine rings is 1. The van der Waals surface area contributed by atoms with Crippen LogP contribution in [-0.2, 0) is 6.54 Å².